The van der Waals surface area contributed by atoms with Crippen LogP contribution in [-0.4, -0.2) is 48.8 Å². The van der Waals surface area contributed by atoms with Gasteiger partial charge in [-0.25, -0.2) is 0 Å². The van der Waals surface area contributed by atoms with Crippen LogP contribution in [0.25, 0.3) is 0 Å². The summed E-state index contributed by atoms with van der Waals surface area (Å²) in [5.41, 5.74) is -0.606. The molecule has 4 heteroatoms. The Morgan fingerprint density at radius 2 is 2.22 bits per heavy atom. The molecule has 0 saturated carbocycles. The van der Waals surface area contributed by atoms with Gasteiger partial charge in [0.05, 0.1) is 12.0 Å². The second-order valence-electron chi connectivity index (χ2n) is 6.36. The van der Waals surface area contributed by atoms with Crippen LogP contribution >= 0.6 is 0 Å². The van der Waals surface area contributed by atoms with Gasteiger partial charge < -0.3 is 14.7 Å². The van der Waals surface area contributed by atoms with Crippen LogP contribution < -0.4 is 0 Å². The normalized spacial score (nSPS) is 30.6. The molecule has 0 spiro atoms. The van der Waals surface area contributed by atoms with Crippen LogP contribution in [0.1, 0.15) is 33.1 Å². The van der Waals surface area contributed by atoms with Crippen molar-refractivity contribution in [3.05, 3.63) is 0 Å². The molecule has 2 atom stereocenters. The molecule has 2 aliphatic heterocycles. The van der Waals surface area contributed by atoms with Gasteiger partial charge in [0.1, 0.15) is 0 Å². The van der Waals surface area contributed by atoms with Crippen LogP contribution in [0.2, 0.25) is 0 Å². The summed E-state index contributed by atoms with van der Waals surface area (Å²) in [5.74, 6) is 0.251. The quantitative estimate of drug-likeness (QED) is 0.833. The Bertz CT molecular complexity index is 297. The molecule has 2 saturated heterocycles. The van der Waals surface area contributed by atoms with Gasteiger partial charge in [-0.3, -0.25) is 4.79 Å². The first-order chi connectivity index (χ1) is 8.50. The molecule has 0 aromatic rings. The van der Waals surface area contributed by atoms with Gasteiger partial charge in [-0.1, -0.05) is 0 Å². The maximum atomic E-state index is 11.3. The molecule has 4 nitrogen and oxygen atoms in total. The molecule has 18 heavy (non-hydrogen) atoms. The number of carbonyl (C=O) groups is 1. The van der Waals surface area contributed by atoms with Gasteiger partial charge in [-0.05, 0) is 51.5 Å². The molecule has 0 bridgehead atoms. The molecule has 2 fully saturated rings. The van der Waals surface area contributed by atoms with Crippen LogP contribution in [0.15, 0.2) is 0 Å². The molecule has 0 amide bonds. The van der Waals surface area contributed by atoms with E-state index in [1.807, 2.05) is 13.8 Å². The van der Waals surface area contributed by atoms with Crippen molar-refractivity contribution in [3.8, 4) is 0 Å². The predicted octanol–water partition coefficient (Wildman–Crippen LogP) is 1.85. The molecule has 104 valence electrons. The summed E-state index contributed by atoms with van der Waals surface area (Å²) < 4.78 is 5.41. The standard InChI is InChI=1S/C14H25NO3/c1-14(2,13(16)17)12-4-3-6-15(9-12)8-11-5-7-18-10-11/h11-12H,3-10H2,1-2H3,(H,16,17). The van der Waals surface area contributed by atoms with E-state index in [9.17, 15) is 9.90 Å². The van der Waals surface area contributed by atoms with E-state index in [0.29, 0.717) is 5.92 Å². The third-order valence-corrected chi connectivity index (χ3v) is 4.62. The van der Waals surface area contributed by atoms with E-state index < -0.39 is 11.4 Å². The fraction of sp³-hybridized carbons (Fsp3) is 0.929. The Kier molecular flexibility index (Phi) is 4.28. The number of carboxylic acid groups (broad SMARTS) is 1. The summed E-state index contributed by atoms with van der Waals surface area (Å²) in [4.78, 5) is 13.8. The molecular formula is C14H25NO3. The van der Waals surface area contributed by atoms with E-state index in [1.165, 1.54) is 0 Å². The maximum absolute atomic E-state index is 11.3. The van der Waals surface area contributed by atoms with E-state index in [0.717, 1.165) is 52.1 Å². The summed E-state index contributed by atoms with van der Waals surface area (Å²) >= 11 is 0. The summed E-state index contributed by atoms with van der Waals surface area (Å²) in [6, 6.07) is 0. The third-order valence-electron chi connectivity index (χ3n) is 4.62. The Morgan fingerprint density at radius 3 is 2.83 bits per heavy atom. The molecule has 1 N–H and O–H groups in total. The first kappa shape index (κ1) is 13.8. The van der Waals surface area contributed by atoms with Crippen molar-refractivity contribution < 1.29 is 14.6 Å². The topological polar surface area (TPSA) is 49.8 Å². The minimum atomic E-state index is -0.668. The first-order valence-electron chi connectivity index (χ1n) is 7.03. The van der Waals surface area contributed by atoms with E-state index in [1.54, 1.807) is 0 Å². The van der Waals surface area contributed by atoms with E-state index in [-0.39, 0.29) is 5.92 Å². The van der Waals surface area contributed by atoms with Crippen LogP contribution in [-0.2, 0) is 9.53 Å². The molecule has 2 rings (SSSR count). The van der Waals surface area contributed by atoms with Gasteiger partial charge in [-0.15, -0.1) is 0 Å². The molecular weight excluding hydrogens is 230 g/mol. The number of carboxylic acids is 1. The lowest BCUT2D eigenvalue weighted by Crippen LogP contribution is -2.46. The van der Waals surface area contributed by atoms with Crippen LogP contribution in [0, 0.1) is 17.3 Å². The second-order valence-corrected chi connectivity index (χ2v) is 6.36. The number of likely N-dealkylation sites (tertiary alicyclic amines) is 1. The minimum Gasteiger partial charge on any atom is -0.481 e. The molecule has 2 aliphatic rings. The van der Waals surface area contributed by atoms with Crippen LogP contribution in [0.5, 0.6) is 0 Å². The Labute approximate surface area is 109 Å². The van der Waals surface area contributed by atoms with E-state index >= 15 is 0 Å². The van der Waals surface area contributed by atoms with Crippen molar-refractivity contribution in [1.29, 1.82) is 0 Å². The number of aliphatic carboxylic acids is 1. The third kappa shape index (κ3) is 3.04. The number of hydrogen-bond acceptors (Lipinski definition) is 3. The monoisotopic (exact) mass is 255 g/mol. The molecule has 2 unspecified atom stereocenters. The zero-order valence-electron chi connectivity index (χ0n) is 11.5. The van der Waals surface area contributed by atoms with Gasteiger partial charge >= 0.3 is 5.97 Å². The fourth-order valence-electron chi connectivity index (χ4n) is 3.08. The number of piperidine rings is 1. The summed E-state index contributed by atoms with van der Waals surface area (Å²) in [7, 11) is 0. The molecule has 0 radical (unpaired) electrons. The lowest BCUT2D eigenvalue weighted by Gasteiger charge is -2.40. The van der Waals surface area contributed by atoms with Crippen LogP contribution in [0.4, 0.5) is 0 Å². The fourth-order valence-corrected chi connectivity index (χ4v) is 3.08. The summed E-state index contributed by atoms with van der Waals surface area (Å²) in [5, 5.41) is 9.33. The molecule has 0 aromatic heterocycles. The van der Waals surface area contributed by atoms with Crippen molar-refractivity contribution in [2.75, 3.05) is 32.8 Å². The number of ether oxygens (including phenoxy) is 1. The highest BCUT2D eigenvalue weighted by Crippen LogP contribution is 2.34. The van der Waals surface area contributed by atoms with Crippen molar-refractivity contribution >= 4 is 5.97 Å². The number of hydrogen-bond donors (Lipinski definition) is 1. The van der Waals surface area contributed by atoms with Gasteiger partial charge in [-0.2, -0.15) is 0 Å². The Morgan fingerprint density at radius 1 is 1.44 bits per heavy atom. The van der Waals surface area contributed by atoms with E-state index in [2.05, 4.69) is 4.90 Å². The molecule has 2 heterocycles. The van der Waals surface area contributed by atoms with Gasteiger partial charge in [0, 0.05) is 19.7 Å². The van der Waals surface area contributed by atoms with Gasteiger partial charge in [0.2, 0.25) is 0 Å². The zero-order valence-corrected chi connectivity index (χ0v) is 11.5. The van der Waals surface area contributed by atoms with E-state index in [4.69, 9.17) is 4.74 Å². The number of rotatable bonds is 4. The smallest absolute Gasteiger partial charge is 0.309 e. The van der Waals surface area contributed by atoms with Gasteiger partial charge in [0.25, 0.3) is 0 Å². The molecule has 0 aromatic carbocycles. The van der Waals surface area contributed by atoms with Gasteiger partial charge in [0.15, 0.2) is 0 Å². The predicted molar refractivity (Wildman–Crippen MR) is 69.5 cm³/mol. The maximum Gasteiger partial charge on any atom is 0.309 e. The average Bonchev–Trinajstić information content (AvgIpc) is 2.82. The minimum absolute atomic E-state index is 0.270. The Balaban J connectivity index is 1.89. The number of nitrogens with zero attached hydrogens (tertiary/aromatic N) is 1. The van der Waals surface area contributed by atoms with Crippen molar-refractivity contribution in [1.82, 2.24) is 4.90 Å². The largest absolute Gasteiger partial charge is 0.481 e. The zero-order chi connectivity index (χ0) is 13.2. The summed E-state index contributed by atoms with van der Waals surface area (Å²) in [6.45, 7) is 8.61. The van der Waals surface area contributed by atoms with Crippen molar-refractivity contribution in [2.24, 2.45) is 17.3 Å². The lowest BCUT2D eigenvalue weighted by molar-refractivity contribution is -0.151. The second kappa shape index (κ2) is 5.57. The van der Waals surface area contributed by atoms with Crippen molar-refractivity contribution in [2.45, 2.75) is 33.1 Å². The lowest BCUT2D eigenvalue weighted by atomic mass is 9.74. The summed E-state index contributed by atoms with van der Waals surface area (Å²) in [6.07, 6.45) is 3.31. The highest BCUT2D eigenvalue weighted by molar-refractivity contribution is 5.74. The highest BCUT2D eigenvalue weighted by atomic mass is 16.5. The molecule has 0 aliphatic carbocycles. The van der Waals surface area contributed by atoms with Crippen LogP contribution in [0.3, 0.4) is 0 Å². The Hall–Kier alpha value is -0.610. The highest BCUT2D eigenvalue weighted by Gasteiger charge is 2.39. The van der Waals surface area contributed by atoms with Crippen molar-refractivity contribution in [3.63, 3.8) is 0 Å². The SMILES string of the molecule is CC(C)(C(=O)O)C1CCCN(CC2CCOC2)C1. The average molecular weight is 255 g/mol. The first-order valence-corrected chi connectivity index (χ1v) is 7.03.